The van der Waals surface area contributed by atoms with Crippen molar-refractivity contribution in [3.8, 4) is 0 Å². The molecule has 3 saturated heterocycles. The number of anilines is 1. The average Bonchev–Trinajstić information content (AvgIpc) is 3.61. The third-order valence-electron chi connectivity index (χ3n) is 17.2. The zero-order valence-electron chi connectivity index (χ0n) is 50.0. The number of aliphatic hydroxyl groups is 3. The second-order valence-electron chi connectivity index (χ2n) is 23.8. The summed E-state index contributed by atoms with van der Waals surface area (Å²) in [5.41, 5.74) is -4.73. The number of benzene rings is 1. The number of rotatable bonds is 22. The standard InChI is InChI=1S/C57H90ClN3O20S/c1-15-43-57(10,69)49(65)32(4)45(62)30(2)27-55(8,72-13)50(80-54-47(64)42(60(11)12)24-31(3)76-54)33(5)48(34(6)53(68)78-43)79-44-28-56(9,73-14)51(35(7)77-44)81-82(70,71)23-22-75-21-20-74-19-18-59-40-25-37-41(26-39(40)58)61(36-16-17-36)29-38(46(37)63)52(66)67/h25-26,29-36,42-44,47-51,54,59,64-65,69H,15-24,27-28H2,1-14H3,(H,66,67)/t30-,31-,32+,33+,34-,35+,42+,43-,44+,47-,48+,49-,50-,51+,54+,55-,56-,57-/m1/s1. The second kappa shape index (κ2) is 27.9. The smallest absolute Gasteiger partial charge is 0.341 e. The Morgan fingerprint density at radius 1 is 0.890 bits per heavy atom. The third kappa shape index (κ3) is 15.6. The van der Waals surface area contributed by atoms with E-state index < -0.39 is 129 Å². The Hall–Kier alpha value is -3.44. The number of carboxylic acid groups (broad SMARTS) is 1. The third-order valence-corrected chi connectivity index (χ3v) is 18.7. The number of fused-ring (bicyclic) bond motifs is 1. The van der Waals surface area contributed by atoms with E-state index in [-0.39, 0.29) is 87.2 Å². The molecular formula is C57H90ClN3O20S. The number of aromatic nitrogens is 1. The SMILES string of the molecule is CC[C@H]1OC(=O)[C@H](C)[C@@H](O[C@H]2C[C@@](C)(OC)[C@@H](OS(=O)(=O)CCOCCOCCNc3cc4c(=O)c(C(=O)O)cn(C5CC5)c4cc3Cl)[C@H](C)O2)[C@H](C)[C@@H](O[C@@H]2O[C@H](C)C[C@H](N(C)C)[C@H]2O)[C@](C)(OC)C[C@@H](C)C(=O)[C@H](C)[C@@H](O)[C@]1(C)O. The van der Waals surface area contributed by atoms with Gasteiger partial charge in [-0.1, -0.05) is 39.3 Å². The summed E-state index contributed by atoms with van der Waals surface area (Å²) in [7, 11) is 2.28. The number of aliphatic hydroxyl groups excluding tert-OH is 2. The molecule has 2 aromatic rings. The van der Waals surface area contributed by atoms with Crippen LogP contribution in [0.2, 0.25) is 5.02 Å². The van der Waals surface area contributed by atoms with Crippen molar-refractivity contribution in [2.24, 2.45) is 23.7 Å². The van der Waals surface area contributed by atoms with Gasteiger partial charge < -0.3 is 77.8 Å². The molecule has 82 heavy (non-hydrogen) atoms. The quantitative estimate of drug-likeness (QED) is 0.0592. The lowest BCUT2D eigenvalue weighted by atomic mass is 9.74. The van der Waals surface area contributed by atoms with Crippen molar-refractivity contribution in [2.45, 2.75) is 198 Å². The number of nitrogens with one attached hydrogen (secondary N) is 1. The van der Waals surface area contributed by atoms with Crippen molar-refractivity contribution in [1.82, 2.24) is 9.47 Å². The molecule has 466 valence electrons. The first-order valence-corrected chi connectivity index (χ1v) is 30.4. The van der Waals surface area contributed by atoms with Gasteiger partial charge in [-0.3, -0.25) is 18.6 Å². The Labute approximate surface area is 486 Å². The molecule has 4 heterocycles. The molecule has 0 bridgehead atoms. The highest BCUT2D eigenvalue weighted by Crippen LogP contribution is 2.43. The number of pyridine rings is 1. The monoisotopic (exact) mass is 1200 g/mol. The fraction of sp³-hybridized carbons (Fsp3) is 0.789. The first-order chi connectivity index (χ1) is 38.3. The van der Waals surface area contributed by atoms with E-state index in [1.807, 2.05) is 25.9 Å². The van der Waals surface area contributed by atoms with Gasteiger partial charge in [0.15, 0.2) is 12.6 Å². The van der Waals surface area contributed by atoms with Gasteiger partial charge in [0.2, 0.25) is 5.43 Å². The number of hydrogen-bond donors (Lipinski definition) is 5. The number of esters is 1. The summed E-state index contributed by atoms with van der Waals surface area (Å²) in [5, 5.41) is 48.6. The van der Waals surface area contributed by atoms with Crippen molar-refractivity contribution < 1.29 is 90.0 Å². The minimum Gasteiger partial charge on any atom is -0.477 e. The maximum Gasteiger partial charge on any atom is 0.341 e. The van der Waals surface area contributed by atoms with Crippen LogP contribution in [0.25, 0.3) is 10.9 Å². The van der Waals surface area contributed by atoms with Crippen LogP contribution in [-0.2, 0) is 66.5 Å². The molecule has 25 heteroatoms. The second-order valence-corrected chi connectivity index (χ2v) is 25.9. The molecule has 4 aliphatic rings. The van der Waals surface area contributed by atoms with Gasteiger partial charge in [0.25, 0.3) is 10.1 Å². The summed E-state index contributed by atoms with van der Waals surface area (Å²) < 4.78 is 91.0. The van der Waals surface area contributed by atoms with Crippen LogP contribution < -0.4 is 10.7 Å². The number of hydrogen-bond acceptors (Lipinski definition) is 21. The van der Waals surface area contributed by atoms with Gasteiger partial charge in [0.05, 0.1) is 96.0 Å². The number of carbonyl (C=O) groups excluding carboxylic acids is 2. The van der Waals surface area contributed by atoms with Crippen LogP contribution in [0.5, 0.6) is 0 Å². The Kier molecular flexibility index (Phi) is 23.1. The lowest BCUT2D eigenvalue weighted by molar-refractivity contribution is -0.317. The van der Waals surface area contributed by atoms with Gasteiger partial charge in [-0.15, -0.1) is 0 Å². The molecule has 18 atom stereocenters. The highest BCUT2D eigenvalue weighted by Gasteiger charge is 2.55. The molecule has 0 amide bonds. The maximum atomic E-state index is 14.6. The lowest BCUT2D eigenvalue weighted by Gasteiger charge is -2.50. The van der Waals surface area contributed by atoms with Gasteiger partial charge in [-0.25, -0.2) is 4.79 Å². The Bertz CT molecular complexity index is 2690. The van der Waals surface area contributed by atoms with Crippen molar-refractivity contribution in [3.05, 3.63) is 39.1 Å². The van der Waals surface area contributed by atoms with Crippen LogP contribution in [0.15, 0.2) is 23.1 Å². The largest absolute Gasteiger partial charge is 0.477 e. The predicted octanol–water partition coefficient (Wildman–Crippen LogP) is 4.94. The zero-order chi connectivity index (χ0) is 61.0. The highest BCUT2D eigenvalue weighted by molar-refractivity contribution is 7.86. The molecular weight excluding hydrogens is 1110 g/mol. The summed E-state index contributed by atoms with van der Waals surface area (Å²) in [6.45, 7) is 16.9. The number of carboxylic acids is 1. The van der Waals surface area contributed by atoms with E-state index in [4.69, 9.17) is 58.4 Å². The number of methoxy groups -OCH3 is 2. The van der Waals surface area contributed by atoms with Crippen LogP contribution in [-0.4, -0.2) is 207 Å². The average molecular weight is 1200 g/mol. The minimum atomic E-state index is -4.28. The van der Waals surface area contributed by atoms with Crippen LogP contribution >= 0.6 is 11.6 Å². The van der Waals surface area contributed by atoms with Crippen molar-refractivity contribution >= 4 is 56.0 Å². The van der Waals surface area contributed by atoms with Crippen molar-refractivity contribution in [2.75, 3.05) is 72.4 Å². The van der Waals surface area contributed by atoms with Crippen molar-refractivity contribution in [3.63, 3.8) is 0 Å². The number of halogens is 1. The van der Waals surface area contributed by atoms with E-state index in [1.165, 1.54) is 34.3 Å². The predicted molar refractivity (Wildman–Crippen MR) is 302 cm³/mol. The van der Waals surface area contributed by atoms with Crippen LogP contribution in [0.1, 0.15) is 124 Å². The van der Waals surface area contributed by atoms with E-state index in [9.17, 15) is 48.0 Å². The molecule has 1 aliphatic carbocycles. The summed E-state index contributed by atoms with van der Waals surface area (Å²) in [6, 6.07) is 2.93. The Morgan fingerprint density at radius 2 is 1.52 bits per heavy atom. The molecule has 1 saturated carbocycles. The Balaban J connectivity index is 1.13. The van der Waals surface area contributed by atoms with Gasteiger partial charge in [0, 0.05) is 68.6 Å². The van der Waals surface area contributed by atoms with E-state index in [0.717, 1.165) is 12.8 Å². The number of Topliss-reactive ketones (excluding diaryl/α,β-unsaturated/α-hetero) is 1. The van der Waals surface area contributed by atoms with E-state index in [1.54, 1.807) is 65.2 Å². The summed E-state index contributed by atoms with van der Waals surface area (Å²) in [5.74, 6) is -6.92. The zero-order valence-corrected chi connectivity index (χ0v) is 51.5. The molecule has 6 rings (SSSR count). The van der Waals surface area contributed by atoms with Gasteiger partial charge in [-0.2, -0.15) is 8.42 Å². The first-order valence-electron chi connectivity index (χ1n) is 28.5. The molecule has 0 spiro atoms. The number of likely N-dealkylation sites (N-methyl/N-ethyl adjacent to an activating group) is 1. The normalized spacial score (nSPS) is 36.5. The molecule has 23 nitrogen and oxygen atoms in total. The fourth-order valence-corrected chi connectivity index (χ4v) is 13.3. The summed E-state index contributed by atoms with van der Waals surface area (Å²) >= 11 is 6.57. The number of aromatic carboxylic acids is 1. The van der Waals surface area contributed by atoms with Gasteiger partial charge >= 0.3 is 11.9 Å². The fourth-order valence-electron chi connectivity index (χ4n) is 12.0. The Morgan fingerprint density at radius 3 is 2.12 bits per heavy atom. The van der Waals surface area contributed by atoms with E-state index in [0.29, 0.717) is 22.6 Å². The number of cyclic esters (lactones) is 1. The molecule has 3 aliphatic heterocycles. The van der Waals surface area contributed by atoms with E-state index >= 15 is 0 Å². The minimum absolute atomic E-state index is 0.0227. The molecule has 5 N–H and O–H groups in total. The number of ketones is 1. The maximum absolute atomic E-state index is 14.6. The van der Waals surface area contributed by atoms with Gasteiger partial charge in [-0.05, 0) is 99.9 Å². The summed E-state index contributed by atoms with van der Waals surface area (Å²) in [4.78, 5) is 55.6. The molecule has 0 unspecified atom stereocenters. The molecule has 1 aromatic carbocycles. The number of carbonyl (C=O) groups is 3. The molecule has 1 aromatic heterocycles. The molecule has 0 radical (unpaired) electrons. The first kappa shape index (κ1) is 67.7. The van der Waals surface area contributed by atoms with E-state index in [2.05, 4.69) is 5.32 Å². The van der Waals surface area contributed by atoms with Crippen molar-refractivity contribution in [1.29, 1.82) is 0 Å². The number of ether oxygens (including phenoxy) is 9. The highest BCUT2D eigenvalue weighted by atomic mass is 35.5. The molecule has 4 fully saturated rings. The van der Waals surface area contributed by atoms with Crippen LogP contribution in [0.4, 0.5) is 5.69 Å². The lowest BCUT2D eigenvalue weighted by Crippen LogP contribution is -2.61. The van der Waals surface area contributed by atoms with Gasteiger partial charge in [0.1, 0.15) is 35.3 Å². The van der Waals surface area contributed by atoms with Crippen LogP contribution in [0, 0.1) is 23.7 Å². The number of nitrogens with zero attached hydrogens (tertiary/aromatic N) is 2. The topological polar surface area (TPSA) is 296 Å². The summed E-state index contributed by atoms with van der Waals surface area (Å²) in [6.07, 6.45) is -7.62. The van der Waals surface area contributed by atoms with Crippen LogP contribution in [0.3, 0.4) is 0 Å².